The molecule has 12 aromatic carbocycles. The van der Waals surface area contributed by atoms with Crippen LogP contribution < -0.4 is 0 Å². The fourth-order valence-corrected chi connectivity index (χ4v) is 15.1. The predicted molar refractivity (Wildman–Crippen MR) is 535 cm³/mol. The van der Waals surface area contributed by atoms with E-state index in [4.69, 9.17) is 17.7 Å². The Balaban J connectivity index is 0.000000132. The van der Waals surface area contributed by atoms with Crippen LogP contribution in [-0.4, -0.2) is 39.9 Å². The van der Waals surface area contributed by atoms with E-state index in [9.17, 15) is 0 Å². The zero-order valence-corrected chi connectivity index (χ0v) is 85.1. The van der Waals surface area contributed by atoms with Crippen LogP contribution in [-0.2, 0) is 80.4 Å². The summed E-state index contributed by atoms with van der Waals surface area (Å²) in [5, 5.41) is 9.01. The number of benzene rings is 12. The van der Waals surface area contributed by atoms with E-state index in [1.54, 1.807) is 49.6 Å². The van der Waals surface area contributed by atoms with E-state index in [0.29, 0.717) is 0 Å². The molecule has 12 nitrogen and oxygen atoms in total. The monoisotopic (exact) mass is 2480 g/mol. The molecular weight excluding hydrogens is 2390 g/mol. The van der Waals surface area contributed by atoms with Gasteiger partial charge in [-0.3, -0.25) is 0 Å². The number of fused-ring (bicyclic) bond motifs is 12. The van der Waals surface area contributed by atoms with Gasteiger partial charge in [0.1, 0.15) is 22.3 Å². The van der Waals surface area contributed by atoms with Gasteiger partial charge in [-0.15, -0.1) is 214 Å². The normalized spacial score (nSPS) is 10.4. The number of nitrogens with zero attached hydrogens (tertiary/aromatic N) is 8. The van der Waals surface area contributed by atoms with Crippen LogP contribution in [0.15, 0.2) is 407 Å². The van der Waals surface area contributed by atoms with Gasteiger partial charge in [0.2, 0.25) is 0 Å². The van der Waals surface area contributed by atoms with Crippen molar-refractivity contribution in [2.45, 2.75) is 55.4 Å². The van der Waals surface area contributed by atoms with Gasteiger partial charge in [-0.05, 0) is 157 Å². The van der Waals surface area contributed by atoms with Crippen molar-refractivity contribution in [3.05, 3.63) is 482 Å². The molecular formula is C120H88Ir4N8O4-8. The van der Waals surface area contributed by atoms with Crippen molar-refractivity contribution in [2.75, 3.05) is 0 Å². The second kappa shape index (κ2) is 48.0. The first-order valence-corrected chi connectivity index (χ1v) is 43.4. The Labute approximate surface area is 846 Å². The van der Waals surface area contributed by atoms with Crippen LogP contribution in [0.5, 0.6) is 0 Å². The summed E-state index contributed by atoms with van der Waals surface area (Å²) in [7, 11) is 0. The summed E-state index contributed by atoms with van der Waals surface area (Å²) in [5.74, 6) is 0. The van der Waals surface area contributed by atoms with E-state index in [1.807, 2.05) is 255 Å². The molecule has 0 saturated carbocycles. The molecule has 12 heterocycles. The summed E-state index contributed by atoms with van der Waals surface area (Å²) in [6, 6.07) is 138. The molecule has 4 radical (unpaired) electrons. The zero-order valence-electron chi connectivity index (χ0n) is 75.5. The molecule has 0 atom stereocenters. The minimum Gasteiger partial charge on any atom is -0.501 e. The number of pyridine rings is 8. The molecule has 0 amide bonds. The molecule has 0 fully saturated rings. The van der Waals surface area contributed by atoms with Gasteiger partial charge >= 0.3 is 0 Å². The summed E-state index contributed by atoms with van der Waals surface area (Å²) >= 11 is 0. The Bertz CT molecular complexity index is 7550. The maximum absolute atomic E-state index is 6.10. The van der Waals surface area contributed by atoms with Gasteiger partial charge in [-0.1, -0.05) is 228 Å². The Morgan fingerprint density at radius 2 is 0.493 bits per heavy atom. The minimum atomic E-state index is 0. The van der Waals surface area contributed by atoms with E-state index in [-0.39, 0.29) is 80.4 Å². The topological polar surface area (TPSA) is 156 Å². The molecule has 0 unspecified atom stereocenters. The Hall–Kier alpha value is -14.4. The first-order chi connectivity index (χ1) is 64.8. The standard InChI is InChI=1S/4C18H12NO.4C12H10N.4Ir/c1-12-6-5-11-19-17(12)15-9-4-8-14-13-7-2-3-10-16(13)20-18(14)15;1-12-6-4-7-13-14-8-5-9-15(18(14)20-17(12)13)16-10-2-3-11-19-16;1-12-8-9-13-14-5-4-6-15(16-7-2-3-10-19-16)18(14)20-17(13)11-12;1-12-8-9-17-15(11-12)13-5-4-6-14(18(13)20-17)16-7-2-3-10-19-16;4*1-10-5-7-11(8-6-10)12-4-2-3-9-13-12;;;;/h2*2-8,10-11H,1H3;2*2-5,7-11H,1H3;4*2-7,9H,1H3;;;;/q8*-1;;;;. The molecule has 16 heteroatoms. The maximum atomic E-state index is 6.10. The van der Waals surface area contributed by atoms with E-state index in [0.717, 1.165) is 189 Å². The van der Waals surface area contributed by atoms with Crippen LogP contribution in [0.1, 0.15) is 44.5 Å². The maximum Gasteiger partial charge on any atom is 0.123 e. The van der Waals surface area contributed by atoms with Crippen LogP contribution in [0.4, 0.5) is 0 Å². The first-order valence-electron chi connectivity index (χ1n) is 43.4. The van der Waals surface area contributed by atoms with Crippen molar-refractivity contribution in [1.29, 1.82) is 0 Å². The molecule has 0 saturated heterocycles. The summed E-state index contributed by atoms with van der Waals surface area (Å²) in [6.45, 7) is 16.5. The van der Waals surface area contributed by atoms with Gasteiger partial charge in [0.15, 0.2) is 0 Å². The molecule has 0 bridgehead atoms. The molecule has 24 rings (SSSR count). The Morgan fingerprint density at radius 1 is 0.191 bits per heavy atom. The third-order valence-electron chi connectivity index (χ3n) is 21.8. The predicted octanol–water partition coefficient (Wildman–Crippen LogP) is 30.4. The summed E-state index contributed by atoms with van der Waals surface area (Å²) in [5.41, 5.74) is 32.0. The van der Waals surface area contributed by atoms with Crippen LogP contribution in [0.2, 0.25) is 0 Å². The van der Waals surface area contributed by atoms with Crippen LogP contribution in [0, 0.1) is 104 Å². The fraction of sp³-hybridized carbons (Fsp3) is 0.0667. The van der Waals surface area contributed by atoms with E-state index < -0.39 is 0 Å². The number of hydrogen-bond acceptors (Lipinski definition) is 12. The van der Waals surface area contributed by atoms with Gasteiger partial charge in [0.25, 0.3) is 0 Å². The van der Waals surface area contributed by atoms with Crippen LogP contribution >= 0.6 is 0 Å². The number of aromatic nitrogens is 8. The fourth-order valence-electron chi connectivity index (χ4n) is 15.1. The number of aryl methyl sites for hydroxylation is 8. The number of para-hydroxylation sites is 2. The SMILES string of the molecule is Cc1c[c-]c(-c2ccccn2)cc1.Cc1c[c-]c(-c2ccccn2)cc1.Cc1c[c-]c(-c2ccccn2)cc1.Cc1c[c-]c(-c2ccccn2)cc1.Cc1ccc2c(c1)oc1c(-c3ccccn3)[c-]ccc12.Cc1ccc2oc3c(-c4ccccn4)[c-]ccc3c2c1.Cc1cccc2c1oc1c(-c3ccccn3)[c-]ccc12.Cc1cccnc1-c1[c-]ccc2c1oc1ccccc12.[Ir].[Ir].[Ir].[Ir]. The summed E-state index contributed by atoms with van der Waals surface area (Å²) in [6.07, 6.45) is 14.3. The molecule has 0 N–H and O–H groups in total. The zero-order chi connectivity index (χ0) is 90.5. The Kier molecular flexibility index (Phi) is 35.0. The van der Waals surface area contributed by atoms with E-state index in [2.05, 4.69) is 229 Å². The van der Waals surface area contributed by atoms with Crippen LogP contribution in [0.3, 0.4) is 0 Å². The largest absolute Gasteiger partial charge is 0.501 e. The molecule has 24 aromatic rings. The average Bonchev–Trinajstić information content (AvgIpc) is 1.63. The molecule has 0 aliphatic heterocycles. The van der Waals surface area contributed by atoms with Crippen molar-refractivity contribution in [1.82, 2.24) is 39.9 Å². The second-order valence-electron chi connectivity index (χ2n) is 31.5. The number of furan rings is 4. The third-order valence-corrected chi connectivity index (χ3v) is 21.8. The quantitative estimate of drug-likeness (QED) is 0.133. The summed E-state index contributed by atoms with van der Waals surface area (Å²) in [4.78, 5) is 34.7. The minimum absolute atomic E-state index is 0. The molecule has 136 heavy (non-hydrogen) atoms. The van der Waals surface area contributed by atoms with Gasteiger partial charge in [0, 0.05) is 152 Å². The number of rotatable bonds is 8. The third kappa shape index (κ3) is 24.2. The second-order valence-corrected chi connectivity index (χ2v) is 31.5. The molecule has 0 aliphatic rings. The van der Waals surface area contributed by atoms with Gasteiger partial charge in [-0.2, -0.15) is 0 Å². The molecule has 0 spiro atoms. The average molecular weight is 2470 g/mol. The van der Waals surface area contributed by atoms with Crippen molar-refractivity contribution in [2.24, 2.45) is 0 Å². The smallest absolute Gasteiger partial charge is 0.123 e. The molecule has 12 aromatic heterocycles. The van der Waals surface area contributed by atoms with Gasteiger partial charge < -0.3 is 57.5 Å². The van der Waals surface area contributed by atoms with Crippen LogP contribution in [0.25, 0.3) is 178 Å². The summed E-state index contributed by atoms with van der Waals surface area (Å²) < 4.78 is 24.2. The number of hydrogen-bond donors (Lipinski definition) is 0. The van der Waals surface area contributed by atoms with E-state index in [1.165, 1.54) is 33.4 Å². The first kappa shape index (κ1) is 99.1. The van der Waals surface area contributed by atoms with Crippen molar-refractivity contribution in [3.8, 4) is 90.1 Å². The van der Waals surface area contributed by atoms with Crippen molar-refractivity contribution >= 4 is 87.8 Å². The molecule has 676 valence electrons. The van der Waals surface area contributed by atoms with Gasteiger partial charge in [0.05, 0.1) is 22.3 Å². The van der Waals surface area contributed by atoms with Crippen molar-refractivity contribution in [3.63, 3.8) is 0 Å². The van der Waals surface area contributed by atoms with Crippen molar-refractivity contribution < 1.29 is 98.1 Å². The Morgan fingerprint density at radius 3 is 0.890 bits per heavy atom. The van der Waals surface area contributed by atoms with Gasteiger partial charge in [-0.25, -0.2) is 0 Å². The molecule has 0 aliphatic carbocycles. The van der Waals surface area contributed by atoms with E-state index >= 15 is 0 Å².